The molecule has 0 amide bonds. The third-order valence-electron chi connectivity index (χ3n) is 6.10. The molecule has 0 aliphatic rings. The van der Waals surface area contributed by atoms with Crippen LogP contribution in [0.5, 0.6) is 0 Å². The van der Waals surface area contributed by atoms with Crippen LogP contribution in [0, 0.1) is 116 Å². The minimum atomic E-state index is -0.595. The normalized spacial score (nSPS) is 16.1. The highest BCUT2D eigenvalue weighted by molar-refractivity contribution is 5.19. The van der Waals surface area contributed by atoms with Crippen molar-refractivity contribution in [3.8, 4) is 60.3 Å². The minimum Gasteiger partial charge on any atom is -0.198 e. The number of terminal acetylenes is 1. The van der Waals surface area contributed by atoms with E-state index in [2.05, 4.69) is 61.7 Å². The molecule has 0 fully saturated rings. The molecule has 0 N–H and O–H groups in total. The number of nitriles is 4. The standard InChI is InChI=1S/C28H34N4/c1-6-12-23(7-2)15-16-24(8-3)13-10-17-28(5,9-4)27(22-32)19-26(21-31)25(20-30)14-11-18-29/h1,23-27H,7-9,11-14,19H2,2-5H3. The summed E-state index contributed by atoms with van der Waals surface area (Å²) in [4.78, 5) is 0. The lowest BCUT2D eigenvalue weighted by molar-refractivity contribution is 0.263. The number of nitrogens with zero attached hydrogens (tertiary/aromatic N) is 4. The summed E-state index contributed by atoms with van der Waals surface area (Å²) in [7, 11) is 0. The average molecular weight is 427 g/mol. The number of rotatable bonds is 11. The molecule has 0 aliphatic carbocycles. The van der Waals surface area contributed by atoms with Gasteiger partial charge in [-0.25, -0.2) is 0 Å². The Morgan fingerprint density at radius 3 is 1.88 bits per heavy atom. The lowest BCUT2D eigenvalue weighted by Crippen LogP contribution is -2.28. The van der Waals surface area contributed by atoms with E-state index in [1.54, 1.807) is 0 Å². The van der Waals surface area contributed by atoms with Crippen LogP contribution in [0.25, 0.3) is 0 Å². The zero-order chi connectivity index (χ0) is 24.4. The second-order valence-electron chi connectivity index (χ2n) is 8.27. The van der Waals surface area contributed by atoms with Gasteiger partial charge in [-0.15, -0.1) is 18.3 Å². The molecular weight excluding hydrogens is 392 g/mol. The molecule has 6 atom stereocenters. The van der Waals surface area contributed by atoms with Crippen molar-refractivity contribution in [1.29, 1.82) is 21.0 Å². The Morgan fingerprint density at radius 2 is 1.44 bits per heavy atom. The predicted octanol–water partition coefficient (Wildman–Crippen LogP) is 5.99. The summed E-state index contributed by atoms with van der Waals surface area (Å²) in [6.45, 7) is 8.10. The highest BCUT2D eigenvalue weighted by atomic mass is 14.4. The van der Waals surface area contributed by atoms with Gasteiger partial charge >= 0.3 is 0 Å². The molecule has 0 bridgehead atoms. The van der Waals surface area contributed by atoms with E-state index in [-0.39, 0.29) is 24.7 Å². The van der Waals surface area contributed by atoms with Crippen molar-refractivity contribution in [2.24, 2.45) is 35.0 Å². The summed E-state index contributed by atoms with van der Waals surface area (Å²) in [6.07, 6.45) is 9.99. The molecule has 0 aromatic rings. The van der Waals surface area contributed by atoms with Gasteiger partial charge in [-0.1, -0.05) is 38.5 Å². The van der Waals surface area contributed by atoms with Crippen LogP contribution in [-0.4, -0.2) is 0 Å². The maximum absolute atomic E-state index is 9.84. The monoisotopic (exact) mass is 426 g/mol. The van der Waals surface area contributed by atoms with Gasteiger partial charge in [0.15, 0.2) is 0 Å². The third-order valence-corrected chi connectivity index (χ3v) is 6.10. The zero-order valence-corrected chi connectivity index (χ0v) is 19.9. The van der Waals surface area contributed by atoms with Crippen molar-refractivity contribution in [2.75, 3.05) is 0 Å². The fourth-order valence-electron chi connectivity index (χ4n) is 3.36. The van der Waals surface area contributed by atoms with Crippen molar-refractivity contribution in [3.63, 3.8) is 0 Å². The van der Waals surface area contributed by atoms with Crippen molar-refractivity contribution in [3.05, 3.63) is 0 Å². The fourth-order valence-corrected chi connectivity index (χ4v) is 3.36. The molecule has 0 radical (unpaired) electrons. The van der Waals surface area contributed by atoms with Gasteiger partial charge in [-0.2, -0.15) is 21.0 Å². The lowest BCUT2D eigenvalue weighted by atomic mass is 9.70. The third kappa shape index (κ3) is 9.63. The lowest BCUT2D eigenvalue weighted by Gasteiger charge is -2.29. The molecular formula is C28H34N4. The Kier molecular flexibility index (Phi) is 14.6. The first-order valence-electron chi connectivity index (χ1n) is 11.4. The molecule has 0 rings (SSSR count). The van der Waals surface area contributed by atoms with E-state index in [1.807, 2.05) is 19.9 Å². The van der Waals surface area contributed by atoms with Crippen molar-refractivity contribution >= 4 is 0 Å². The van der Waals surface area contributed by atoms with Crippen LogP contribution in [0.3, 0.4) is 0 Å². The first-order valence-corrected chi connectivity index (χ1v) is 11.4. The SMILES string of the molecule is C#CCC(C#CC(CC)CC#CC(C)(CC)C(C#N)CC(C#N)C(C#N)CCC#N)CC. The first-order chi connectivity index (χ1) is 15.4. The van der Waals surface area contributed by atoms with E-state index in [1.165, 1.54) is 0 Å². The maximum atomic E-state index is 9.84. The van der Waals surface area contributed by atoms with Gasteiger partial charge in [0, 0.05) is 36.5 Å². The quantitative estimate of drug-likeness (QED) is 0.379. The predicted molar refractivity (Wildman–Crippen MR) is 126 cm³/mol. The number of hydrogen-bond acceptors (Lipinski definition) is 4. The van der Waals surface area contributed by atoms with E-state index >= 15 is 0 Å². The van der Waals surface area contributed by atoms with Gasteiger partial charge in [0.1, 0.15) is 0 Å². The highest BCUT2D eigenvalue weighted by Crippen LogP contribution is 2.37. The Hall–Kier alpha value is -3.36. The number of hydrogen-bond donors (Lipinski definition) is 0. The second kappa shape index (κ2) is 16.3. The molecule has 6 unspecified atom stereocenters. The largest absolute Gasteiger partial charge is 0.198 e. The Bertz CT molecular complexity index is 906. The molecule has 4 heteroatoms. The first kappa shape index (κ1) is 28.6. The van der Waals surface area contributed by atoms with E-state index in [0.717, 1.165) is 12.8 Å². The van der Waals surface area contributed by atoms with Gasteiger partial charge in [-0.05, 0) is 39.0 Å². The summed E-state index contributed by atoms with van der Waals surface area (Å²) in [5.74, 6) is 14.6. The van der Waals surface area contributed by atoms with Gasteiger partial charge < -0.3 is 0 Å². The molecule has 0 heterocycles. The van der Waals surface area contributed by atoms with E-state index in [9.17, 15) is 15.8 Å². The van der Waals surface area contributed by atoms with Crippen LogP contribution < -0.4 is 0 Å². The molecule has 4 nitrogen and oxygen atoms in total. The van der Waals surface area contributed by atoms with Gasteiger partial charge in [-0.3, -0.25) is 0 Å². The van der Waals surface area contributed by atoms with Crippen LogP contribution in [0.4, 0.5) is 0 Å². The minimum absolute atomic E-state index is 0.150. The molecule has 0 aromatic heterocycles. The molecule has 0 aliphatic heterocycles. The fraction of sp³-hybridized carbons (Fsp3) is 0.643. The highest BCUT2D eigenvalue weighted by Gasteiger charge is 2.35. The topological polar surface area (TPSA) is 95.2 Å². The molecule has 0 saturated heterocycles. The average Bonchev–Trinajstić information content (AvgIpc) is 2.82. The maximum Gasteiger partial charge on any atom is 0.0672 e. The van der Waals surface area contributed by atoms with E-state index in [4.69, 9.17) is 11.7 Å². The Morgan fingerprint density at radius 1 is 0.844 bits per heavy atom. The van der Waals surface area contributed by atoms with Crippen LogP contribution >= 0.6 is 0 Å². The van der Waals surface area contributed by atoms with Crippen LogP contribution in [-0.2, 0) is 0 Å². The van der Waals surface area contributed by atoms with Crippen molar-refractivity contribution in [1.82, 2.24) is 0 Å². The summed E-state index contributed by atoms with van der Waals surface area (Å²) < 4.78 is 0. The van der Waals surface area contributed by atoms with Crippen molar-refractivity contribution in [2.45, 2.75) is 79.1 Å². The van der Waals surface area contributed by atoms with Gasteiger partial charge in [0.05, 0.1) is 42.0 Å². The molecule has 0 aromatic carbocycles. The van der Waals surface area contributed by atoms with Crippen LogP contribution in [0.1, 0.15) is 79.1 Å². The van der Waals surface area contributed by atoms with Gasteiger partial charge in [0.25, 0.3) is 0 Å². The second-order valence-corrected chi connectivity index (χ2v) is 8.27. The van der Waals surface area contributed by atoms with E-state index in [0.29, 0.717) is 25.7 Å². The molecule has 0 spiro atoms. The summed E-state index contributed by atoms with van der Waals surface area (Å²) >= 11 is 0. The van der Waals surface area contributed by atoms with E-state index < -0.39 is 23.2 Å². The molecule has 166 valence electrons. The summed E-state index contributed by atoms with van der Waals surface area (Å²) in [5, 5.41) is 37.7. The zero-order valence-electron chi connectivity index (χ0n) is 19.9. The van der Waals surface area contributed by atoms with Gasteiger partial charge in [0.2, 0.25) is 0 Å². The van der Waals surface area contributed by atoms with Crippen molar-refractivity contribution < 1.29 is 0 Å². The van der Waals surface area contributed by atoms with Crippen LogP contribution in [0.2, 0.25) is 0 Å². The summed E-state index contributed by atoms with van der Waals surface area (Å²) in [5.41, 5.74) is -0.583. The Labute approximate surface area is 195 Å². The Balaban J connectivity index is 5.50. The molecule has 32 heavy (non-hydrogen) atoms. The summed E-state index contributed by atoms with van der Waals surface area (Å²) in [6, 6.07) is 8.68. The smallest absolute Gasteiger partial charge is 0.0672 e. The molecule has 0 saturated carbocycles. The van der Waals surface area contributed by atoms with Crippen LogP contribution in [0.15, 0.2) is 0 Å².